The van der Waals surface area contributed by atoms with Gasteiger partial charge in [0.15, 0.2) is 5.15 Å². The highest BCUT2D eigenvalue weighted by Gasteiger charge is 2.06. The summed E-state index contributed by atoms with van der Waals surface area (Å²) in [5.41, 5.74) is 2.67. The zero-order valence-corrected chi connectivity index (χ0v) is 11.4. The molecule has 7 heteroatoms. The fourth-order valence-electron chi connectivity index (χ4n) is 1.68. The highest BCUT2D eigenvalue weighted by atomic mass is 35.5. The predicted molar refractivity (Wildman–Crippen MR) is 73.0 cm³/mol. The smallest absolute Gasteiger partial charge is 0.152 e. The molecule has 0 aliphatic rings. The Morgan fingerprint density at radius 3 is 3.05 bits per heavy atom. The summed E-state index contributed by atoms with van der Waals surface area (Å²) in [6, 6.07) is 1.90. The van der Waals surface area contributed by atoms with E-state index in [0.717, 1.165) is 16.9 Å². The van der Waals surface area contributed by atoms with E-state index in [-0.39, 0.29) is 6.61 Å². The standard InChI is InChI=1S/C12H16ClN5O/c1-9-3-4-14-12(13)11(9)15-7-10-8-18(17-16-10)5-2-6-19/h3-4,8,15,19H,2,5-7H2,1H3. The van der Waals surface area contributed by atoms with Gasteiger partial charge in [0, 0.05) is 19.3 Å². The fraction of sp³-hybridized carbons (Fsp3) is 0.417. The SMILES string of the molecule is Cc1ccnc(Cl)c1NCc1cn(CCCO)nn1. The monoisotopic (exact) mass is 281 g/mol. The maximum atomic E-state index is 8.75. The summed E-state index contributed by atoms with van der Waals surface area (Å²) < 4.78 is 1.71. The number of aliphatic hydroxyl groups excluding tert-OH is 1. The first kappa shape index (κ1) is 13.8. The molecule has 6 nitrogen and oxygen atoms in total. The fourth-order valence-corrected chi connectivity index (χ4v) is 1.95. The van der Waals surface area contributed by atoms with Gasteiger partial charge in [0.05, 0.1) is 18.4 Å². The van der Waals surface area contributed by atoms with Crippen LogP contribution in [0.3, 0.4) is 0 Å². The van der Waals surface area contributed by atoms with Gasteiger partial charge < -0.3 is 10.4 Å². The van der Waals surface area contributed by atoms with E-state index < -0.39 is 0 Å². The molecule has 0 amide bonds. The molecule has 0 saturated carbocycles. The molecule has 2 N–H and O–H groups in total. The van der Waals surface area contributed by atoms with Crippen molar-refractivity contribution in [2.24, 2.45) is 0 Å². The summed E-state index contributed by atoms with van der Waals surface area (Å²) in [5.74, 6) is 0. The van der Waals surface area contributed by atoms with Gasteiger partial charge in [-0.2, -0.15) is 0 Å². The summed E-state index contributed by atoms with van der Waals surface area (Å²) in [4.78, 5) is 4.03. The lowest BCUT2D eigenvalue weighted by Crippen LogP contribution is -2.03. The Balaban J connectivity index is 1.97. The average Bonchev–Trinajstić information content (AvgIpc) is 2.84. The van der Waals surface area contributed by atoms with Crippen LogP contribution in [-0.2, 0) is 13.1 Å². The molecule has 2 aromatic rings. The second-order valence-corrected chi connectivity index (χ2v) is 4.56. The molecule has 2 aromatic heterocycles. The number of pyridine rings is 1. The number of halogens is 1. The Kier molecular flexibility index (Phi) is 4.70. The van der Waals surface area contributed by atoms with Gasteiger partial charge in [0.25, 0.3) is 0 Å². The van der Waals surface area contributed by atoms with E-state index >= 15 is 0 Å². The molecule has 0 fully saturated rings. The molecule has 0 aliphatic carbocycles. The summed E-state index contributed by atoms with van der Waals surface area (Å²) in [5, 5.41) is 20.4. The zero-order chi connectivity index (χ0) is 13.7. The minimum atomic E-state index is 0.151. The third kappa shape index (κ3) is 3.65. The van der Waals surface area contributed by atoms with E-state index in [9.17, 15) is 0 Å². The summed E-state index contributed by atoms with van der Waals surface area (Å²) >= 11 is 6.03. The average molecular weight is 282 g/mol. The molecule has 0 atom stereocenters. The van der Waals surface area contributed by atoms with Crippen LogP contribution in [0.15, 0.2) is 18.5 Å². The maximum absolute atomic E-state index is 8.75. The molecule has 0 bridgehead atoms. The van der Waals surface area contributed by atoms with Gasteiger partial charge in [-0.3, -0.25) is 4.68 Å². The quantitative estimate of drug-likeness (QED) is 0.787. The highest BCUT2D eigenvalue weighted by Crippen LogP contribution is 2.22. The van der Waals surface area contributed by atoms with Crippen LogP contribution in [0, 0.1) is 6.92 Å². The van der Waals surface area contributed by atoms with Crippen molar-refractivity contribution in [3.8, 4) is 0 Å². The lowest BCUT2D eigenvalue weighted by atomic mass is 10.2. The predicted octanol–water partition coefficient (Wildman–Crippen LogP) is 1.63. The van der Waals surface area contributed by atoms with Gasteiger partial charge in [0.1, 0.15) is 5.69 Å². The highest BCUT2D eigenvalue weighted by molar-refractivity contribution is 6.32. The number of anilines is 1. The molecule has 2 heterocycles. The Hall–Kier alpha value is -1.66. The largest absolute Gasteiger partial charge is 0.396 e. The van der Waals surface area contributed by atoms with Crippen LogP contribution < -0.4 is 5.32 Å². The van der Waals surface area contributed by atoms with E-state index in [2.05, 4.69) is 20.6 Å². The minimum absolute atomic E-state index is 0.151. The van der Waals surface area contributed by atoms with E-state index in [0.29, 0.717) is 24.7 Å². The second-order valence-electron chi connectivity index (χ2n) is 4.20. The van der Waals surface area contributed by atoms with Gasteiger partial charge >= 0.3 is 0 Å². The number of aliphatic hydroxyl groups is 1. The van der Waals surface area contributed by atoms with Crippen molar-refractivity contribution >= 4 is 17.3 Å². The molecule has 0 aromatic carbocycles. The zero-order valence-electron chi connectivity index (χ0n) is 10.7. The number of rotatable bonds is 6. The van der Waals surface area contributed by atoms with Crippen LogP contribution in [0.4, 0.5) is 5.69 Å². The molecule has 2 rings (SSSR count). The first-order chi connectivity index (χ1) is 9.20. The van der Waals surface area contributed by atoms with Crippen molar-refractivity contribution in [2.75, 3.05) is 11.9 Å². The lowest BCUT2D eigenvalue weighted by molar-refractivity contribution is 0.276. The Labute approximate surface area is 116 Å². The lowest BCUT2D eigenvalue weighted by Gasteiger charge is -2.08. The Bertz CT molecular complexity index is 522. The van der Waals surface area contributed by atoms with Crippen molar-refractivity contribution < 1.29 is 5.11 Å². The van der Waals surface area contributed by atoms with Gasteiger partial charge in [-0.1, -0.05) is 16.8 Å². The summed E-state index contributed by atoms with van der Waals surface area (Å²) in [7, 11) is 0. The molecule has 0 aliphatic heterocycles. The van der Waals surface area contributed by atoms with Crippen molar-refractivity contribution in [1.82, 2.24) is 20.0 Å². The number of hydrogen-bond donors (Lipinski definition) is 2. The second kappa shape index (κ2) is 6.49. The Morgan fingerprint density at radius 2 is 2.32 bits per heavy atom. The van der Waals surface area contributed by atoms with Gasteiger partial charge in [-0.25, -0.2) is 4.98 Å². The van der Waals surface area contributed by atoms with E-state index in [4.69, 9.17) is 16.7 Å². The molecule has 19 heavy (non-hydrogen) atoms. The van der Waals surface area contributed by atoms with Crippen LogP contribution in [0.2, 0.25) is 5.15 Å². The van der Waals surface area contributed by atoms with E-state index in [1.807, 2.05) is 19.2 Å². The minimum Gasteiger partial charge on any atom is -0.396 e. The molecule has 0 radical (unpaired) electrons. The maximum Gasteiger partial charge on any atom is 0.152 e. The number of aryl methyl sites for hydroxylation is 2. The van der Waals surface area contributed by atoms with Crippen LogP contribution >= 0.6 is 11.6 Å². The van der Waals surface area contributed by atoms with Crippen molar-refractivity contribution in [3.63, 3.8) is 0 Å². The molecule has 0 saturated heterocycles. The first-order valence-electron chi connectivity index (χ1n) is 6.05. The third-order valence-corrected chi connectivity index (χ3v) is 2.98. The van der Waals surface area contributed by atoms with Crippen molar-refractivity contribution in [1.29, 1.82) is 0 Å². The third-order valence-electron chi connectivity index (χ3n) is 2.69. The van der Waals surface area contributed by atoms with Crippen LogP contribution in [0.25, 0.3) is 0 Å². The molecule has 0 spiro atoms. The normalized spacial score (nSPS) is 10.7. The van der Waals surface area contributed by atoms with E-state index in [1.54, 1.807) is 10.9 Å². The summed E-state index contributed by atoms with van der Waals surface area (Å²) in [6.07, 6.45) is 4.19. The van der Waals surface area contributed by atoms with Crippen LogP contribution in [-0.4, -0.2) is 31.7 Å². The van der Waals surface area contributed by atoms with Crippen molar-refractivity contribution in [3.05, 3.63) is 34.9 Å². The molecule has 0 unspecified atom stereocenters. The molecular weight excluding hydrogens is 266 g/mol. The van der Waals surface area contributed by atoms with Gasteiger partial charge in [-0.15, -0.1) is 5.10 Å². The van der Waals surface area contributed by atoms with Gasteiger partial charge in [-0.05, 0) is 25.0 Å². The Morgan fingerprint density at radius 1 is 1.47 bits per heavy atom. The van der Waals surface area contributed by atoms with Crippen molar-refractivity contribution in [2.45, 2.75) is 26.4 Å². The number of hydrogen-bond acceptors (Lipinski definition) is 5. The topological polar surface area (TPSA) is 75.9 Å². The summed E-state index contributed by atoms with van der Waals surface area (Å²) in [6.45, 7) is 3.31. The number of nitrogens with zero attached hydrogens (tertiary/aromatic N) is 4. The van der Waals surface area contributed by atoms with Crippen LogP contribution in [0.1, 0.15) is 17.7 Å². The van der Waals surface area contributed by atoms with Crippen LogP contribution in [0.5, 0.6) is 0 Å². The number of nitrogens with one attached hydrogen (secondary N) is 1. The molecule has 102 valence electrons. The molecular formula is C12H16ClN5O. The number of aromatic nitrogens is 4. The van der Waals surface area contributed by atoms with Gasteiger partial charge in [0.2, 0.25) is 0 Å². The van der Waals surface area contributed by atoms with E-state index in [1.165, 1.54) is 0 Å². The first-order valence-corrected chi connectivity index (χ1v) is 6.43.